The Kier molecular flexibility index (Phi) is 2.99. The topological polar surface area (TPSA) is 104 Å². The number of nitrogens with one attached hydrogen (secondary N) is 3. The number of nitrogens with zero attached hydrogens (tertiary/aromatic N) is 2. The third-order valence-corrected chi connectivity index (χ3v) is 4.02. The van der Waals surface area contributed by atoms with Crippen LogP contribution in [0.1, 0.15) is 0 Å². The van der Waals surface area contributed by atoms with Gasteiger partial charge in [-0.3, -0.25) is 14.9 Å². The van der Waals surface area contributed by atoms with Crippen LogP contribution in [0.5, 0.6) is 0 Å². The summed E-state index contributed by atoms with van der Waals surface area (Å²) in [6.07, 6.45) is 3.04. The van der Waals surface area contributed by atoms with Gasteiger partial charge in [-0.15, -0.1) is 0 Å². The zero-order chi connectivity index (χ0) is 14.0. The minimum absolute atomic E-state index is 0.0233. The highest BCUT2D eigenvalue weighted by molar-refractivity contribution is 7.92. The molecule has 0 saturated heterocycles. The molecule has 2 aromatic heterocycles. The summed E-state index contributed by atoms with van der Waals surface area (Å²) < 4.78 is 26.4. The summed E-state index contributed by atoms with van der Waals surface area (Å²) in [5, 5.41) is 12.8. The summed E-state index contributed by atoms with van der Waals surface area (Å²) in [5.41, 5.74) is 2.27. The number of sulfonamides is 1. The van der Waals surface area contributed by atoms with Crippen molar-refractivity contribution in [1.29, 1.82) is 0 Å². The summed E-state index contributed by atoms with van der Waals surface area (Å²) in [6, 6.07) is 10.2. The lowest BCUT2D eigenvalue weighted by molar-refractivity contribution is 0.597. The van der Waals surface area contributed by atoms with Crippen molar-refractivity contribution in [3.05, 3.63) is 48.8 Å². The lowest BCUT2D eigenvalue weighted by Gasteiger charge is -2.06. The van der Waals surface area contributed by atoms with Gasteiger partial charge in [-0.05, 0) is 29.8 Å². The molecule has 20 heavy (non-hydrogen) atoms. The van der Waals surface area contributed by atoms with Crippen molar-refractivity contribution >= 4 is 15.7 Å². The largest absolute Gasteiger partial charge is 0.278 e. The standard InChI is InChI=1S/C12H11N5O2S/c18-20(19,12-6-8-14-16-12)17-10-3-1-9(2-4-10)11-5-7-13-15-11/h1-8,17H,(H,13,15)(H,14,16). The SMILES string of the molecule is O=S(=O)(Nc1ccc(-c2ccn[nH]2)cc1)c1ccn[nH]1. The van der Waals surface area contributed by atoms with Crippen LogP contribution >= 0.6 is 0 Å². The van der Waals surface area contributed by atoms with Crippen LogP contribution in [-0.4, -0.2) is 28.8 Å². The molecule has 0 fully saturated rings. The second-order valence-electron chi connectivity index (χ2n) is 4.07. The van der Waals surface area contributed by atoms with E-state index in [2.05, 4.69) is 25.1 Å². The molecule has 0 aliphatic heterocycles. The first-order valence-corrected chi connectivity index (χ1v) is 7.25. The molecule has 0 radical (unpaired) electrons. The Morgan fingerprint density at radius 3 is 2.20 bits per heavy atom. The Morgan fingerprint density at radius 2 is 1.60 bits per heavy atom. The lowest BCUT2D eigenvalue weighted by atomic mass is 10.1. The van der Waals surface area contributed by atoms with Crippen molar-refractivity contribution < 1.29 is 8.42 Å². The Hall–Kier alpha value is -2.61. The van der Waals surface area contributed by atoms with Gasteiger partial charge in [0.15, 0.2) is 5.03 Å². The predicted molar refractivity (Wildman–Crippen MR) is 73.4 cm³/mol. The molecule has 3 N–H and O–H groups in total. The highest BCUT2D eigenvalue weighted by atomic mass is 32.2. The second kappa shape index (κ2) is 4.82. The first-order chi connectivity index (χ1) is 9.65. The summed E-state index contributed by atoms with van der Waals surface area (Å²) in [6.45, 7) is 0. The van der Waals surface area contributed by atoms with E-state index in [0.29, 0.717) is 5.69 Å². The van der Waals surface area contributed by atoms with Gasteiger partial charge in [0.05, 0.1) is 11.9 Å². The van der Waals surface area contributed by atoms with Crippen LogP contribution in [-0.2, 0) is 10.0 Å². The Labute approximate surface area is 115 Å². The zero-order valence-electron chi connectivity index (χ0n) is 10.2. The third-order valence-electron chi connectivity index (χ3n) is 2.71. The molecule has 0 unspecified atom stereocenters. The average Bonchev–Trinajstić information content (AvgIpc) is 3.13. The van der Waals surface area contributed by atoms with Gasteiger partial charge < -0.3 is 0 Å². The van der Waals surface area contributed by atoms with Gasteiger partial charge in [0.2, 0.25) is 0 Å². The van der Waals surface area contributed by atoms with Crippen LogP contribution in [0.4, 0.5) is 5.69 Å². The Bertz CT molecular complexity index is 777. The smallest absolute Gasteiger partial charge is 0.278 e. The average molecular weight is 289 g/mol. The maximum atomic E-state index is 12.0. The monoisotopic (exact) mass is 289 g/mol. The van der Waals surface area contributed by atoms with Gasteiger partial charge in [0.1, 0.15) is 0 Å². The van der Waals surface area contributed by atoms with E-state index in [1.807, 2.05) is 6.07 Å². The van der Waals surface area contributed by atoms with E-state index in [4.69, 9.17) is 0 Å². The molecule has 0 spiro atoms. The summed E-state index contributed by atoms with van der Waals surface area (Å²) in [7, 11) is -3.62. The number of anilines is 1. The molecule has 8 heteroatoms. The molecule has 3 rings (SSSR count). The van der Waals surface area contributed by atoms with E-state index < -0.39 is 10.0 Å². The maximum Gasteiger partial charge on any atom is 0.278 e. The second-order valence-corrected chi connectivity index (χ2v) is 5.72. The van der Waals surface area contributed by atoms with Gasteiger partial charge in [-0.2, -0.15) is 18.6 Å². The molecule has 0 aliphatic carbocycles. The molecule has 0 atom stereocenters. The van der Waals surface area contributed by atoms with E-state index in [1.54, 1.807) is 30.5 Å². The van der Waals surface area contributed by atoms with Gasteiger partial charge in [-0.1, -0.05) is 12.1 Å². The Morgan fingerprint density at radius 1 is 0.900 bits per heavy atom. The molecule has 102 valence electrons. The number of aromatic nitrogens is 4. The van der Waals surface area contributed by atoms with Gasteiger partial charge in [-0.25, -0.2) is 0 Å². The molecule has 3 aromatic rings. The highest BCUT2D eigenvalue weighted by Gasteiger charge is 2.15. The maximum absolute atomic E-state index is 12.0. The summed E-state index contributed by atoms with van der Waals surface area (Å²) in [5.74, 6) is 0. The molecule has 2 heterocycles. The van der Waals surface area contributed by atoms with E-state index in [0.717, 1.165) is 11.3 Å². The third kappa shape index (κ3) is 2.41. The van der Waals surface area contributed by atoms with Crippen LogP contribution in [0, 0.1) is 0 Å². The zero-order valence-corrected chi connectivity index (χ0v) is 11.1. The van der Waals surface area contributed by atoms with Crippen LogP contribution in [0.25, 0.3) is 11.3 Å². The molecule has 0 saturated carbocycles. The number of aromatic amines is 2. The summed E-state index contributed by atoms with van der Waals surface area (Å²) >= 11 is 0. The van der Waals surface area contributed by atoms with Crippen molar-refractivity contribution in [2.24, 2.45) is 0 Å². The van der Waals surface area contributed by atoms with Crippen LogP contribution < -0.4 is 4.72 Å². The number of H-pyrrole nitrogens is 2. The number of hydrogen-bond acceptors (Lipinski definition) is 4. The lowest BCUT2D eigenvalue weighted by Crippen LogP contribution is -2.13. The van der Waals surface area contributed by atoms with Crippen molar-refractivity contribution in [1.82, 2.24) is 20.4 Å². The molecule has 1 aromatic carbocycles. The van der Waals surface area contributed by atoms with Crippen molar-refractivity contribution in [2.45, 2.75) is 5.03 Å². The molecule has 0 bridgehead atoms. The van der Waals surface area contributed by atoms with E-state index in [-0.39, 0.29) is 5.03 Å². The predicted octanol–water partition coefficient (Wildman–Crippen LogP) is 1.60. The number of rotatable bonds is 4. The van der Waals surface area contributed by atoms with Crippen molar-refractivity contribution in [3.63, 3.8) is 0 Å². The van der Waals surface area contributed by atoms with E-state index in [9.17, 15) is 8.42 Å². The summed E-state index contributed by atoms with van der Waals surface area (Å²) in [4.78, 5) is 0. The number of benzene rings is 1. The van der Waals surface area contributed by atoms with Crippen LogP contribution in [0.2, 0.25) is 0 Å². The normalized spacial score (nSPS) is 11.4. The quantitative estimate of drug-likeness (QED) is 0.678. The van der Waals surface area contributed by atoms with Crippen LogP contribution in [0.15, 0.2) is 53.8 Å². The first-order valence-electron chi connectivity index (χ1n) is 5.77. The van der Waals surface area contributed by atoms with Crippen molar-refractivity contribution in [3.8, 4) is 11.3 Å². The highest BCUT2D eigenvalue weighted by Crippen LogP contribution is 2.20. The fourth-order valence-corrected chi connectivity index (χ4v) is 2.71. The van der Waals surface area contributed by atoms with Gasteiger partial charge >= 0.3 is 0 Å². The molecular weight excluding hydrogens is 278 g/mol. The van der Waals surface area contributed by atoms with Gasteiger partial charge in [0, 0.05) is 11.9 Å². The fourth-order valence-electron chi connectivity index (χ4n) is 1.74. The minimum Gasteiger partial charge on any atom is -0.278 e. The Balaban J connectivity index is 1.83. The van der Waals surface area contributed by atoms with E-state index in [1.165, 1.54) is 12.3 Å². The van der Waals surface area contributed by atoms with E-state index >= 15 is 0 Å². The van der Waals surface area contributed by atoms with Crippen LogP contribution in [0.3, 0.4) is 0 Å². The molecule has 0 amide bonds. The van der Waals surface area contributed by atoms with Crippen molar-refractivity contribution in [2.75, 3.05) is 4.72 Å². The van der Waals surface area contributed by atoms with Gasteiger partial charge in [0.25, 0.3) is 10.0 Å². The first kappa shape index (κ1) is 12.4. The minimum atomic E-state index is -3.62. The molecule has 0 aliphatic rings. The number of hydrogen-bond donors (Lipinski definition) is 3. The fraction of sp³-hybridized carbons (Fsp3) is 0. The molecule has 7 nitrogen and oxygen atoms in total. The molecular formula is C12H11N5O2S.